The van der Waals surface area contributed by atoms with Crippen molar-refractivity contribution in [2.75, 3.05) is 0 Å². The lowest BCUT2D eigenvalue weighted by Crippen LogP contribution is -2.32. The third-order valence-electron chi connectivity index (χ3n) is 2.51. The monoisotopic (exact) mass is 248 g/mol. The minimum atomic E-state index is -1.10. The van der Waals surface area contributed by atoms with Gasteiger partial charge in [0.25, 0.3) is 0 Å². The van der Waals surface area contributed by atoms with Gasteiger partial charge in [0, 0.05) is 12.5 Å². The number of aromatic nitrogens is 1. The summed E-state index contributed by atoms with van der Waals surface area (Å²) in [7, 11) is 0. The van der Waals surface area contributed by atoms with Gasteiger partial charge in [-0.1, -0.05) is 0 Å². The highest BCUT2D eigenvalue weighted by Crippen LogP contribution is 2.17. The average molecular weight is 248 g/mol. The molecule has 0 saturated carbocycles. The maximum atomic E-state index is 11.9. The lowest BCUT2D eigenvalue weighted by molar-refractivity contribution is -0.137. The molecule has 0 spiro atoms. The molecule has 0 bridgehead atoms. The average Bonchev–Trinajstić information content (AvgIpc) is 2.65. The Bertz CT molecular complexity index is 618. The number of aliphatic carboxylic acids is 1. The van der Waals surface area contributed by atoms with E-state index in [4.69, 9.17) is 15.3 Å². The zero-order valence-corrected chi connectivity index (χ0v) is 9.71. The molecular weight excluding hydrogens is 236 g/mol. The molecular formula is C12H12N2O4. The summed E-state index contributed by atoms with van der Waals surface area (Å²) in [5.74, 6) is -1.02. The van der Waals surface area contributed by atoms with E-state index in [1.54, 1.807) is 25.1 Å². The second kappa shape index (κ2) is 4.58. The van der Waals surface area contributed by atoms with Crippen molar-refractivity contribution in [3.63, 3.8) is 0 Å². The zero-order valence-electron chi connectivity index (χ0n) is 9.71. The highest BCUT2D eigenvalue weighted by molar-refractivity contribution is 6.03. The van der Waals surface area contributed by atoms with Crippen molar-refractivity contribution in [3.8, 4) is 0 Å². The fraction of sp³-hybridized carbons (Fsp3) is 0.250. The predicted molar refractivity (Wildman–Crippen MR) is 63.3 cm³/mol. The topological polar surface area (TPSA) is 106 Å². The van der Waals surface area contributed by atoms with Crippen molar-refractivity contribution >= 4 is 22.9 Å². The van der Waals surface area contributed by atoms with Crippen LogP contribution < -0.4 is 5.73 Å². The van der Waals surface area contributed by atoms with E-state index >= 15 is 0 Å². The van der Waals surface area contributed by atoms with Crippen LogP contribution in [0.15, 0.2) is 22.6 Å². The molecule has 0 aliphatic heterocycles. The number of nitrogens with two attached hydrogens (primary N) is 1. The SMILES string of the molecule is Cc1nc2cc(C(=O)C(N)CC(=O)O)ccc2o1. The number of ketones is 1. The minimum absolute atomic E-state index is 0.338. The first-order chi connectivity index (χ1) is 8.47. The van der Waals surface area contributed by atoms with E-state index in [0.717, 1.165) is 0 Å². The zero-order chi connectivity index (χ0) is 13.3. The molecule has 2 aromatic rings. The molecule has 0 radical (unpaired) electrons. The van der Waals surface area contributed by atoms with Gasteiger partial charge in [-0.05, 0) is 18.2 Å². The summed E-state index contributed by atoms with van der Waals surface area (Å²) in [6, 6.07) is 3.68. The maximum Gasteiger partial charge on any atom is 0.305 e. The van der Waals surface area contributed by atoms with Crippen LogP contribution >= 0.6 is 0 Å². The van der Waals surface area contributed by atoms with Crippen molar-refractivity contribution in [1.29, 1.82) is 0 Å². The van der Waals surface area contributed by atoms with Crippen LogP contribution in [0.1, 0.15) is 22.7 Å². The van der Waals surface area contributed by atoms with Gasteiger partial charge >= 0.3 is 5.97 Å². The number of carboxylic acids is 1. The first kappa shape index (κ1) is 12.3. The molecule has 2 rings (SSSR count). The highest BCUT2D eigenvalue weighted by Gasteiger charge is 2.19. The first-order valence-corrected chi connectivity index (χ1v) is 5.36. The van der Waals surface area contributed by atoms with E-state index in [9.17, 15) is 9.59 Å². The number of hydrogen-bond donors (Lipinski definition) is 2. The Hall–Kier alpha value is -2.21. The normalized spacial score (nSPS) is 12.6. The Morgan fingerprint density at radius 3 is 2.89 bits per heavy atom. The number of rotatable bonds is 4. The number of carbonyl (C=O) groups is 2. The van der Waals surface area contributed by atoms with Crippen LogP contribution in [-0.4, -0.2) is 27.9 Å². The van der Waals surface area contributed by atoms with E-state index < -0.39 is 24.2 Å². The van der Waals surface area contributed by atoms with Crippen LogP contribution in [0, 0.1) is 6.92 Å². The molecule has 18 heavy (non-hydrogen) atoms. The van der Waals surface area contributed by atoms with Gasteiger partial charge in [0.1, 0.15) is 5.52 Å². The maximum absolute atomic E-state index is 11.9. The lowest BCUT2D eigenvalue weighted by Gasteiger charge is -2.07. The van der Waals surface area contributed by atoms with Crippen LogP contribution in [0.3, 0.4) is 0 Å². The van der Waals surface area contributed by atoms with E-state index in [-0.39, 0.29) is 0 Å². The molecule has 0 saturated heterocycles. The van der Waals surface area contributed by atoms with Crippen LogP contribution in [0.2, 0.25) is 0 Å². The molecule has 1 heterocycles. The van der Waals surface area contributed by atoms with E-state index in [0.29, 0.717) is 22.6 Å². The van der Waals surface area contributed by atoms with E-state index in [1.165, 1.54) is 0 Å². The van der Waals surface area contributed by atoms with Crippen molar-refractivity contribution in [1.82, 2.24) is 4.98 Å². The van der Waals surface area contributed by atoms with Crippen molar-refractivity contribution in [3.05, 3.63) is 29.7 Å². The molecule has 1 unspecified atom stereocenters. The van der Waals surface area contributed by atoms with Crippen molar-refractivity contribution in [2.45, 2.75) is 19.4 Å². The second-order valence-electron chi connectivity index (χ2n) is 3.98. The van der Waals surface area contributed by atoms with Crippen LogP contribution in [0.25, 0.3) is 11.1 Å². The van der Waals surface area contributed by atoms with Gasteiger partial charge in [-0.15, -0.1) is 0 Å². The number of hydrogen-bond acceptors (Lipinski definition) is 5. The summed E-state index contributed by atoms with van der Waals surface area (Å²) in [6.45, 7) is 1.71. The molecule has 1 aromatic carbocycles. The first-order valence-electron chi connectivity index (χ1n) is 5.36. The molecule has 0 aliphatic carbocycles. The van der Waals surface area contributed by atoms with Gasteiger partial charge in [0.05, 0.1) is 12.5 Å². The number of carbonyl (C=O) groups excluding carboxylic acids is 1. The molecule has 1 aromatic heterocycles. The lowest BCUT2D eigenvalue weighted by atomic mass is 10.0. The molecule has 1 atom stereocenters. The van der Waals surface area contributed by atoms with Gasteiger partial charge in [-0.25, -0.2) is 4.98 Å². The number of carboxylic acid groups (broad SMARTS) is 1. The number of aryl methyl sites for hydroxylation is 1. The third-order valence-corrected chi connectivity index (χ3v) is 2.51. The summed E-state index contributed by atoms with van der Waals surface area (Å²) < 4.78 is 5.28. The number of nitrogens with zero attached hydrogens (tertiary/aromatic N) is 1. The summed E-state index contributed by atoms with van der Waals surface area (Å²) in [4.78, 5) is 26.5. The molecule has 0 aliphatic rings. The molecule has 0 amide bonds. The largest absolute Gasteiger partial charge is 0.481 e. The second-order valence-corrected chi connectivity index (χ2v) is 3.98. The Kier molecular flexibility index (Phi) is 3.12. The quantitative estimate of drug-likeness (QED) is 0.785. The number of fused-ring (bicyclic) bond motifs is 1. The standard InChI is InChI=1S/C12H12N2O4/c1-6-14-9-4-7(2-3-10(9)18-6)12(17)8(13)5-11(15)16/h2-4,8H,5,13H2,1H3,(H,15,16). The number of benzene rings is 1. The van der Waals surface area contributed by atoms with Gasteiger partial charge in [0.2, 0.25) is 0 Å². The number of oxazole rings is 1. The fourth-order valence-electron chi connectivity index (χ4n) is 1.69. The van der Waals surface area contributed by atoms with E-state index in [1.807, 2.05) is 0 Å². The smallest absolute Gasteiger partial charge is 0.305 e. The molecule has 3 N–H and O–H groups in total. The Morgan fingerprint density at radius 1 is 1.50 bits per heavy atom. The summed E-state index contributed by atoms with van der Waals surface area (Å²) >= 11 is 0. The summed E-state index contributed by atoms with van der Waals surface area (Å²) in [5, 5.41) is 8.60. The van der Waals surface area contributed by atoms with Gasteiger partial charge in [-0.3, -0.25) is 9.59 Å². The van der Waals surface area contributed by atoms with Gasteiger partial charge in [-0.2, -0.15) is 0 Å². The Morgan fingerprint density at radius 2 is 2.22 bits per heavy atom. The highest BCUT2D eigenvalue weighted by atomic mass is 16.4. The fourth-order valence-corrected chi connectivity index (χ4v) is 1.69. The molecule has 94 valence electrons. The number of Topliss-reactive ketones (excluding diaryl/α,β-unsaturated/α-hetero) is 1. The van der Waals surface area contributed by atoms with Crippen molar-refractivity contribution < 1.29 is 19.1 Å². The summed E-state index contributed by atoms with van der Waals surface area (Å²) in [6.07, 6.45) is -0.394. The summed E-state index contributed by atoms with van der Waals surface area (Å²) in [5.41, 5.74) is 7.00. The Labute approximate surface area is 102 Å². The van der Waals surface area contributed by atoms with Crippen LogP contribution in [0.4, 0.5) is 0 Å². The van der Waals surface area contributed by atoms with Gasteiger partial charge in [0.15, 0.2) is 17.3 Å². The molecule has 6 heteroatoms. The minimum Gasteiger partial charge on any atom is -0.481 e. The van der Waals surface area contributed by atoms with Crippen LogP contribution in [-0.2, 0) is 4.79 Å². The van der Waals surface area contributed by atoms with Gasteiger partial charge < -0.3 is 15.3 Å². The van der Waals surface area contributed by atoms with E-state index in [2.05, 4.69) is 4.98 Å². The molecule has 6 nitrogen and oxygen atoms in total. The Balaban J connectivity index is 2.30. The molecule has 0 fully saturated rings. The third kappa shape index (κ3) is 2.38. The van der Waals surface area contributed by atoms with Crippen molar-refractivity contribution in [2.24, 2.45) is 5.73 Å². The predicted octanol–water partition coefficient (Wildman–Crippen LogP) is 1.12. The van der Waals surface area contributed by atoms with Crippen LogP contribution in [0.5, 0.6) is 0 Å².